The molecule has 0 saturated heterocycles. The third-order valence-corrected chi connectivity index (χ3v) is 4.00. The number of rotatable bonds is 16. The summed E-state index contributed by atoms with van der Waals surface area (Å²) < 4.78 is 0. The van der Waals surface area contributed by atoms with Gasteiger partial charge in [-0.15, -0.1) is 0 Å². The summed E-state index contributed by atoms with van der Waals surface area (Å²) in [7, 11) is 0. The SMILES string of the molecule is CCCCCCC(O)CCCCCCCCCCC=O. The van der Waals surface area contributed by atoms with E-state index in [-0.39, 0.29) is 6.10 Å². The van der Waals surface area contributed by atoms with Gasteiger partial charge in [0.1, 0.15) is 6.29 Å². The zero-order valence-corrected chi connectivity index (χ0v) is 13.6. The fourth-order valence-corrected chi connectivity index (χ4v) is 2.62. The molecule has 0 aliphatic carbocycles. The zero-order valence-electron chi connectivity index (χ0n) is 13.6. The molecular weight excluding hydrogens is 248 g/mol. The molecule has 0 heterocycles. The maximum atomic E-state index is 10.1. The molecule has 0 fully saturated rings. The third kappa shape index (κ3) is 15.7. The van der Waals surface area contributed by atoms with Gasteiger partial charge in [0.15, 0.2) is 0 Å². The Bertz CT molecular complexity index is 192. The lowest BCUT2D eigenvalue weighted by atomic mass is 10.0. The van der Waals surface area contributed by atoms with E-state index < -0.39 is 0 Å². The van der Waals surface area contributed by atoms with Crippen LogP contribution < -0.4 is 0 Å². The molecule has 0 amide bonds. The van der Waals surface area contributed by atoms with E-state index >= 15 is 0 Å². The van der Waals surface area contributed by atoms with Crippen molar-refractivity contribution in [2.75, 3.05) is 0 Å². The highest BCUT2D eigenvalue weighted by molar-refractivity contribution is 5.48. The van der Waals surface area contributed by atoms with Crippen LogP contribution in [-0.4, -0.2) is 17.5 Å². The van der Waals surface area contributed by atoms with Crippen molar-refractivity contribution in [3.63, 3.8) is 0 Å². The van der Waals surface area contributed by atoms with E-state index in [0.717, 1.165) is 32.0 Å². The van der Waals surface area contributed by atoms with Crippen LogP contribution in [0.5, 0.6) is 0 Å². The summed E-state index contributed by atoms with van der Waals surface area (Å²) in [6, 6.07) is 0. The molecule has 0 spiro atoms. The van der Waals surface area contributed by atoms with Crippen LogP contribution in [0.15, 0.2) is 0 Å². The minimum atomic E-state index is -0.0600. The van der Waals surface area contributed by atoms with Crippen molar-refractivity contribution < 1.29 is 9.90 Å². The molecule has 0 aromatic carbocycles. The van der Waals surface area contributed by atoms with E-state index in [9.17, 15) is 9.90 Å². The number of hydrogen-bond donors (Lipinski definition) is 1. The van der Waals surface area contributed by atoms with Crippen LogP contribution in [-0.2, 0) is 4.79 Å². The largest absolute Gasteiger partial charge is 0.393 e. The molecule has 2 nitrogen and oxygen atoms in total. The monoisotopic (exact) mass is 284 g/mol. The Balaban J connectivity index is 3.09. The van der Waals surface area contributed by atoms with E-state index in [4.69, 9.17) is 0 Å². The van der Waals surface area contributed by atoms with Crippen LogP contribution in [0.25, 0.3) is 0 Å². The van der Waals surface area contributed by atoms with Crippen molar-refractivity contribution in [1.82, 2.24) is 0 Å². The molecule has 20 heavy (non-hydrogen) atoms. The number of hydrogen-bond acceptors (Lipinski definition) is 2. The first-order chi connectivity index (χ1) is 9.81. The lowest BCUT2D eigenvalue weighted by molar-refractivity contribution is -0.107. The van der Waals surface area contributed by atoms with Gasteiger partial charge in [0.05, 0.1) is 6.10 Å². The summed E-state index contributed by atoms with van der Waals surface area (Å²) in [5.41, 5.74) is 0. The summed E-state index contributed by atoms with van der Waals surface area (Å²) in [5.74, 6) is 0. The topological polar surface area (TPSA) is 37.3 Å². The fourth-order valence-electron chi connectivity index (χ4n) is 2.62. The lowest BCUT2D eigenvalue weighted by Crippen LogP contribution is -2.05. The van der Waals surface area contributed by atoms with Crippen LogP contribution in [0.4, 0.5) is 0 Å². The number of aldehydes is 1. The molecule has 0 radical (unpaired) electrons. The van der Waals surface area contributed by atoms with Gasteiger partial charge < -0.3 is 9.90 Å². The van der Waals surface area contributed by atoms with Crippen molar-refractivity contribution in [2.24, 2.45) is 0 Å². The van der Waals surface area contributed by atoms with Crippen LogP contribution in [0.2, 0.25) is 0 Å². The number of unbranched alkanes of at least 4 members (excludes halogenated alkanes) is 11. The second-order valence-corrected chi connectivity index (χ2v) is 6.08. The van der Waals surface area contributed by atoms with Gasteiger partial charge in [0.2, 0.25) is 0 Å². The molecule has 0 aliphatic rings. The predicted octanol–water partition coefficient (Wildman–Crippen LogP) is 5.42. The maximum Gasteiger partial charge on any atom is 0.119 e. The molecule has 2 heteroatoms. The standard InChI is InChI=1S/C18H36O2/c1-2-3-4-12-15-18(20)16-13-10-8-6-5-7-9-11-14-17-19/h17-18,20H,2-16H2,1H3. The van der Waals surface area contributed by atoms with E-state index in [1.54, 1.807) is 0 Å². The highest BCUT2D eigenvalue weighted by Gasteiger charge is 2.03. The van der Waals surface area contributed by atoms with Crippen LogP contribution >= 0.6 is 0 Å². The summed E-state index contributed by atoms with van der Waals surface area (Å²) >= 11 is 0. The third-order valence-electron chi connectivity index (χ3n) is 4.00. The normalized spacial score (nSPS) is 12.5. The van der Waals surface area contributed by atoms with Gasteiger partial charge in [-0.05, 0) is 19.3 Å². The lowest BCUT2D eigenvalue weighted by Gasteiger charge is -2.10. The van der Waals surface area contributed by atoms with Gasteiger partial charge >= 0.3 is 0 Å². The van der Waals surface area contributed by atoms with Gasteiger partial charge in [-0.25, -0.2) is 0 Å². The molecule has 0 aliphatic heterocycles. The van der Waals surface area contributed by atoms with Crippen molar-refractivity contribution >= 4 is 6.29 Å². The Morgan fingerprint density at radius 3 is 1.70 bits per heavy atom. The molecule has 0 aromatic heterocycles. The first-order valence-electron chi connectivity index (χ1n) is 8.93. The number of aliphatic hydroxyl groups is 1. The van der Waals surface area contributed by atoms with E-state index in [2.05, 4.69) is 6.92 Å². The first-order valence-corrected chi connectivity index (χ1v) is 8.93. The summed E-state index contributed by atoms with van der Waals surface area (Å²) in [5, 5.41) is 9.84. The van der Waals surface area contributed by atoms with Crippen LogP contribution in [0.3, 0.4) is 0 Å². The van der Waals surface area contributed by atoms with Crippen molar-refractivity contribution in [3.05, 3.63) is 0 Å². The van der Waals surface area contributed by atoms with Gasteiger partial charge in [-0.1, -0.05) is 77.6 Å². The summed E-state index contributed by atoms with van der Waals surface area (Å²) in [6.45, 7) is 2.22. The number of aliphatic hydroxyl groups excluding tert-OH is 1. The van der Waals surface area contributed by atoms with E-state index in [1.165, 1.54) is 70.6 Å². The molecule has 0 bridgehead atoms. The molecule has 120 valence electrons. The average Bonchev–Trinajstić information content (AvgIpc) is 2.45. The number of carbonyl (C=O) groups is 1. The highest BCUT2D eigenvalue weighted by atomic mass is 16.3. The van der Waals surface area contributed by atoms with Gasteiger partial charge in [-0.3, -0.25) is 0 Å². The molecule has 0 aromatic rings. The zero-order chi connectivity index (χ0) is 14.9. The molecular formula is C18H36O2. The maximum absolute atomic E-state index is 10.1. The molecule has 0 rings (SSSR count). The van der Waals surface area contributed by atoms with Crippen molar-refractivity contribution in [3.8, 4) is 0 Å². The van der Waals surface area contributed by atoms with Gasteiger partial charge in [0.25, 0.3) is 0 Å². The Kier molecular flexibility index (Phi) is 16.4. The van der Waals surface area contributed by atoms with Gasteiger partial charge in [-0.2, -0.15) is 0 Å². The minimum Gasteiger partial charge on any atom is -0.393 e. The minimum absolute atomic E-state index is 0.0600. The van der Waals surface area contributed by atoms with Gasteiger partial charge in [0, 0.05) is 6.42 Å². The second-order valence-electron chi connectivity index (χ2n) is 6.08. The second kappa shape index (κ2) is 16.7. The smallest absolute Gasteiger partial charge is 0.119 e. The van der Waals surface area contributed by atoms with Crippen molar-refractivity contribution in [2.45, 2.75) is 109 Å². The molecule has 0 saturated carbocycles. The number of carbonyl (C=O) groups excluding carboxylic acids is 1. The Hall–Kier alpha value is -0.370. The van der Waals surface area contributed by atoms with Crippen LogP contribution in [0.1, 0.15) is 103 Å². The van der Waals surface area contributed by atoms with E-state index in [0.29, 0.717) is 0 Å². The van der Waals surface area contributed by atoms with Crippen molar-refractivity contribution in [1.29, 1.82) is 0 Å². The summed E-state index contributed by atoms with van der Waals surface area (Å²) in [6.07, 6.45) is 18.6. The predicted molar refractivity (Wildman–Crippen MR) is 87.0 cm³/mol. The Labute approximate surface area is 126 Å². The quantitative estimate of drug-likeness (QED) is 0.303. The Morgan fingerprint density at radius 2 is 1.20 bits per heavy atom. The molecule has 1 atom stereocenters. The molecule has 1 N–H and O–H groups in total. The van der Waals surface area contributed by atoms with Crippen LogP contribution in [0, 0.1) is 0 Å². The molecule has 1 unspecified atom stereocenters. The van der Waals surface area contributed by atoms with E-state index in [1.807, 2.05) is 0 Å². The average molecular weight is 284 g/mol. The summed E-state index contributed by atoms with van der Waals surface area (Å²) in [4.78, 5) is 10.1. The fraction of sp³-hybridized carbons (Fsp3) is 0.944. The Morgan fingerprint density at radius 1 is 0.750 bits per heavy atom. The first kappa shape index (κ1) is 19.6. The highest BCUT2D eigenvalue weighted by Crippen LogP contribution is 2.14.